The van der Waals surface area contributed by atoms with Crippen molar-refractivity contribution < 1.29 is 22.3 Å². The van der Waals surface area contributed by atoms with Gasteiger partial charge in [-0.05, 0) is 47.0 Å². The molecule has 4 nitrogen and oxygen atoms in total. The lowest BCUT2D eigenvalue weighted by Crippen LogP contribution is -2.46. The number of alkyl halides is 3. The van der Waals surface area contributed by atoms with E-state index in [9.17, 15) is 13.2 Å². The van der Waals surface area contributed by atoms with Crippen LogP contribution in [-0.2, 0) is 17.5 Å². The number of rotatable bonds is 8. The van der Waals surface area contributed by atoms with Crippen LogP contribution in [0.4, 0.5) is 13.2 Å². The lowest BCUT2D eigenvalue weighted by Gasteiger charge is -2.34. The Kier molecular flexibility index (Phi) is 7.75. The molecule has 3 aromatic rings. The molecule has 1 aliphatic heterocycles. The first-order valence-electron chi connectivity index (χ1n) is 10.9. The number of nitrogens with zero attached hydrogens (tertiary/aromatic N) is 2. The van der Waals surface area contributed by atoms with Crippen LogP contribution in [0.5, 0.6) is 0 Å². The Hall–Kier alpha value is -2.32. The molecule has 33 heavy (non-hydrogen) atoms. The second kappa shape index (κ2) is 10.7. The van der Waals surface area contributed by atoms with Crippen molar-refractivity contribution in [2.45, 2.75) is 18.8 Å². The third-order valence-corrected chi connectivity index (χ3v) is 5.99. The van der Waals surface area contributed by atoms with Gasteiger partial charge in [0, 0.05) is 32.7 Å². The lowest BCUT2D eigenvalue weighted by molar-refractivity contribution is -0.137. The summed E-state index contributed by atoms with van der Waals surface area (Å²) in [6.07, 6.45) is -4.95. The fourth-order valence-corrected chi connectivity index (χ4v) is 4.18. The van der Waals surface area contributed by atoms with E-state index in [2.05, 4.69) is 9.80 Å². The summed E-state index contributed by atoms with van der Waals surface area (Å²) in [4.78, 5) is 4.61. The molecule has 0 saturated carbocycles. The van der Waals surface area contributed by atoms with Crippen molar-refractivity contribution in [2.24, 2.45) is 0 Å². The van der Waals surface area contributed by atoms with Crippen LogP contribution in [0.1, 0.15) is 28.6 Å². The van der Waals surface area contributed by atoms with Gasteiger partial charge in [-0.3, -0.25) is 9.80 Å². The fourth-order valence-electron chi connectivity index (χ4n) is 4.02. The molecule has 1 aromatic heterocycles. The molecule has 0 amide bonds. The van der Waals surface area contributed by atoms with E-state index in [1.54, 1.807) is 12.1 Å². The Morgan fingerprint density at radius 1 is 0.879 bits per heavy atom. The minimum atomic E-state index is -4.39. The average molecular weight is 479 g/mol. The summed E-state index contributed by atoms with van der Waals surface area (Å²) in [5, 5.41) is 0.398. The van der Waals surface area contributed by atoms with Crippen LogP contribution >= 0.6 is 11.6 Å². The second-order valence-electron chi connectivity index (χ2n) is 8.11. The van der Waals surface area contributed by atoms with Gasteiger partial charge < -0.3 is 9.15 Å². The Morgan fingerprint density at radius 2 is 1.58 bits per heavy atom. The van der Waals surface area contributed by atoms with Crippen LogP contribution < -0.4 is 0 Å². The zero-order valence-corrected chi connectivity index (χ0v) is 18.9. The van der Waals surface area contributed by atoms with Gasteiger partial charge in [0.25, 0.3) is 0 Å². The summed E-state index contributed by atoms with van der Waals surface area (Å²) in [7, 11) is 0. The highest BCUT2D eigenvalue weighted by Crippen LogP contribution is 2.33. The second-order valence-corrected chi connectivity index (χ2v) is 8.48. The van der Waals surface area contributed by atoms with Gasteiger partial charge in [0.15, 0.2) is 5.22 Å². The van der Waals surface area contributed by atoms with Gasteiger partial charge in [0.1, 0.15) is 11.9 Å². The maximum absolute atomic E-state index is 13.2. The van der Waals surface area contributed by atoms with E-state index < -0.39 is 17.8 Å². The van der Waals surface area contributed by atoms with E-state index in [1.165, 1.54) is 12.1 Å². The van der Waals surface area contributed by atoms with Crippen molar-refractivity contribution in [3.05, 3.63) is 94.4 Å². The van der Waals surface area contributed by atoms with Gasteiger partial charge in [-0.2, -0.15) is 13.2 Å². The Labute approximate surface area is 196 Å². The molecule has 0 N–H and O–H groups in total. The van der Waals surface area contributed by atoms with Crippen LogP contribution in [0.2, 0.25) is 5.22 Å². The zero-order chi connectivity index (χ0) is 23.3. The molecule has 4 rings (SSSR count). The smallest absolute Gasteiger partial charge is 0.416 e. The molecule has 0 bridgehead atoms. The fraction of sp³-hybridized carbons (Fsp3) is 0.360. The van der Waals surface area contributed by atoms with E-state index >= 15 is 0 Å². The molecule has 8 heteroatoms. The van der Waals surface area contributed by atoms with E-state index in [0.29, 0.717) is 23.9 Å². The van der Waals surface area contributed by atoms with Gasteiger partial charge in [0.2, 0.25) is 0 Å². The Balaban J connectivity index is 1.34. The quantitative estimate of drug-likeness (QED) is 0.404. The number of piperazine rings is 1. The molecule has 2 heterocycles. The first kappa shape index (κ1) is 23.8. The molecule has 0 radical (unpaired) electrons. The molecule has 2 aromatic carbocycles. The van der Waals surface area contributed by atoms with Crippen molar-refractivity contribution in [2.75, 3.05) is 39.3 Å². The maximum Gasteiger partial charge on any atom is 0.416 e. The van der Waals surface area contributed by atoms with Gasteiger partial charge in [-0.15, -0.1) is 0 Å². The van der Waals surface area contributed by atoms with E-state index in [0.717, 1.165) is 50.1 Å². The van der Waals surface area contributed by atoms with Crippen LogP contribution in [0, 0.1) is 0 Å². The normalized spacial score (nSPS) is 16.7. The number of benzene rings is 2. The highest BCUT2D eigenvalue weighted by atomic mass is 35.5. The predicted molar refractivity (Wildman–Crippen MR) is 121 cm³/mol. The van der Waals surface area contributed by atoms with Crippen molar-refractivity contribution in [3.63, 3.8) is 0 Å². The lowest BCUT2D eigenvalue weighted by atomic mass is 9.99. The van der Waals surface area contributed by atoms with E-state index in [-0.39, 0.29) is 0 Å². The summed E-state index contributed by atoms with van der Waals surface area (Å²) >= 11 is 5.84. The van der Waals surface area contributed by atoms with Crippen molar-refractivity contribution in [1.29, 1.82) is 0 Å². The number of ether oxygens (including phenoxy) is 1. The van der Waals surface area contributed by atoms with Gasteiger partial charge in [-0.1, -0.05) is 42.5 Å². The zero-order valence-electron chi connectivity index (χ0n) is 18.1. The summed E-state index contributed by atoms with van der Waals surface area (Å²) in [5.41, 5.74) is 0.662. The topological polar surface area (TPSA) is 28.9 Å². The monoisotopic (exact) mass is 478 g/mol. The molecular formula is C25H26ClF3N2O2. The van der Waals surface area contributed by atoms with Crippen molar-refractivity contribution in [3.8, 4) is 0 Å². The Bertz CT molecular complexity index is 1020. The standard InChI is InChI=1S/C25H26ClF3N2O2/c26-23-10-9-22(33-23)18-31-13-11-30(12-14-31)15-16-32-24(19-5-2-1-3-6-19)20-7-4-8-21(17-20)25(27,28)29/h1-10,17,24H,11-16,18H2/t24-/m1/s1. The molecule has 1 aliphatic rings. The molecule has 1 fully saturated rings. The third kappa shape index (κ3) is 6.60. The van der Waals surface area contributed by atoms with Gasteiger partial charge >= 0.3 is 6.18 Å². The molecule has 1 saturated heterocycles. The highest BCUT2D eigenvalue weighted by molar-refractivity contribution is 6.28. The summed E-state index contributed by atoms with van der Waals surface area (Å²) in [5.74, 6) is 0.851. The number of hydrogen-bond acceptors (Lipinski definition) is 4. The van der Waals surface area contributed by atoms with Crippen LogP contribution in [0.15, 0.2) is 71.1 Å². The molecule has 0 spiro atoms. The van der Waals surface area contributed by atoms with Gasteiger partial charge in [-0.25, -0.2) is 0 Å². The Morgan fingerprint density at radius 3 is 2.24 bits per heavy atom. The van der Waals surface area contributed by atoms with E-state index in [4.69, 9.17) is 20.8 Å². The maximum atomic E-state index is 13.2. The minimum absolute atomic E-state index is 0.398. The first-order chi connectivity index (χ1) is 15.9. The number of hydrogen-bond donors (Lipinski definition) is 0. The molecule has 0 aliphatic carbocycles. The van der Waals surface area contributed by atoms with Crippen LogP contribution in [-0.4, -0.2) is 49.1 Å². The largest absolute Gasteiger partial charge is 0.448 e. The molecular weight excluding hydrogens is 453 g/mol. The third-order valence-electron chi connectivity index (χ3n) is 5.78. The van der Waals surface area contributed by atoms with Crippen molar-refractivity contribution >= 4 is 11.6 Å². The van der Waals surface area contributed by atoms with Crippen LogP contribution in [0.3, 0.4) is 0 Å². The SMILES string of the molecule is FC(F)(F)c1cccc([C@H](OCCN2CCN(Cc3ccc(Cl)o3)CC2)c2ccccc2)c1. The average Bonchev–Trinajstić information content (AvgIpc) is 3.22. The first-order valence-corrected chi connectivity index (χ1v) is 11.3. The molecule has 1 atom stereocenters. The summed E-state index contributed by atoms with van der Waals surface area (Å²) in [6.45, 7) is 5.42. The highest BCUT2D eigenvalue weighted by Gasteiger charge is 2.31. The van der Waals surface area contributed by atoms with E-state index in [1.807, 2.05) is 36.4 Å². The number of furan rings is 1. The van der Waals surface area contributed by atoms with Gasteiger partial charge in [0.05, 0.1) is 18.7 Å². The van der Waals surface area contributed by atoms with Crippen molar-refractivity contribution in [1.82, 2.24) is 9.80 Å². The van der Waals surface area contributed by atoms with Crippen LogP contribution in [0.25, 0.3) is 0 Å². The number of halogens is 4. The minimum Gasteiger partial charge on any atom is -0.448 e. The summed E-state index contributed by atoms with van der Waals surface area (Å²) in [6, 6.07) is 18.4. The molecule has 176 valence electrons. The molecule has 0 unspecified atom stereocenters. The predicted octanol–water partition coefficient (Wildman–Crippen LogP) is 5.88. The summed E-state index contributed by atoms with van der Waals surface area (Å²) < 4.78 is 51.3.